The van der Waals surface area contributed by atoms with Crippen LogP contribution in [0.5, 0.6) is 0 Å². The van der Waals surface area contributed by atoms with Gasteiger partial charge in [-0.15, -0.1) is 0 Å². The Morgan fingerprint density at radius 2 is 1.92 bits per heavy atom. The minimum absolute atomic E-state index is 0.392. The maximum Gasteiger partial charge on any atom is 0.407 e. The summed E-state index contributed by atoms with van der Waals surface area (Å²) < 4.78 is 5.21. The minimum atomic E-state index is -0.472. The second-order valence-corrected chi connectivity index (χ2v) is 7.85. The Balaban J connectivity index is 2.22. The Morgan fingerprint density at radius 1 is 1.19 bits per heavy atom. The van der Waals surface area contributed by atoms with Crippen molar-refractivity contribution in [3.8, 4) is 0 Å². The average molecular weight is 370 g/mol. The van der Waals surface area contributed by atoms with Crippen molar-refractivity contribution in [2.24, 2.45) is 4.99 Å². The molecule has 0 bridgehead atoms. The van der Waals surface area contributed by atoms with E-state index in [1.807, 2.05) is 27.7 Å². The zero-order valence-corrected chi connectivity index (χ0v) is 17.4. The predicted octanol–water partition coefficient (Wildman–Crippen LogP) is 2.33. The number of hydrogen-bond acceptors (Lipinski definition) is 4. The molecule has 0 radical (unpaired) electrons. The molecule has 0 aliphatic carbocycles. The molecule has 0 spiro atoms. The van der Waals surface area contributed by atoms with Crippen LogP contribution in [0.2, 0.25) is 0 Å². The molecule has 0 aromatic heterocycles. The maximum absolute atomic E-state index is 11.6. The molecule has 3 N–H and O–H groups in total. The molecule has 1 atom stereocenters. The number of nitrogens with one attached hydrogen (secondary N) is 3. The van der Waals surface area contributed by atoms with Crippen molar-refractivity contribution in [1.29, 1.82) is 0 Å². The first-order chi connectivity index (χ1) is 12.3. The number of carbonyl (C=O) groups excluding carboxylic acids is 1. The number of likely N-dealkylation sites (tertiary alicyclic amines) is 1. The Labute approximate surface area is 159 Å². The third-order valence-electron chi connectivity index (χ3n) is 4.24. The number of carbonyl (C=O) groups is 1. The van der Waals surface area contributed by atoms with Gasteiger partial charge in [0.25, 0.3) is 0 Å². The highest BCUT2D eigenvalue weighted by Gasteiger charge is 2.17. The Morgan fingerprint density at radius 3 is 2.58 bits per heavy atom. The molecule has 7 nitrogen and oxygen atoms in total. The molecule has 7 heteroatoms. The van der Waals surface area contributed by atoms with Crippen LogP contribution in [-0.2, 0) is 4.74 Å². The summed E-state index contributed by atoms with van der Waals surface area (Å²) in [6.45, 7) is 15.0. The van der Waals surface area contributed by atoms with Gasteiger partial charge in [0.05, 0.1) is 0 Å². The lowest BCUT2D eigenvalue weighted by Crippen LogP contribution is -2.42. The lowest BCUT2D eigenvalue weighted by atomic mass is 10.0. The topological polar surface area (TPSA) is 78.0 Å². The van der Waals surface area contributed by atoms with Crippen LogP contribution in [0.25, 0.3) is 0 Å². The van der Waals surface area contributed by atoms with Crippen molar-refractivity contribution in [3.63, 3.8) is 0 Å². The first-order valence-corrected chi connectivity index (χ1v) is 10.0. The van der Waals surface area contributed by atoms with E-state index < -0.39 is 11.7 Å². The SMILES string of the molecule is CCNC(=NCCCN1CCCCC1C)NCCNC(=O)OC(C)(C)C. The fraction of sp³-hybridized carbons (Fsp3) is 0.895. The summed E-state index contributed by atoms with van der Waals surface area (Å²) in [7, 11) is 0. The standard InChI is InChI=1S/C19H39N5O2/c1-6-20-17(22-12-13-23-18(25)26-19(3,4)5)21-11-9-15-24-14-8-7-10-16(24)2/h16H,6-15H2,1-5H3,(H,23,25)(H2,20,21,22). The van der Waals surface area contributed by atoms with E-state index in [0.717, 1.165) is 32.0 Å². The second kappa shape index (κ2) is 12.0. The molecular formula is C19H39N5O2. The number of aliphatic imine (C=N–C) groups is 1. The van der Waals surface area contributed by atoms with E-state index in [1.165, 1.54) is 25.8 Å². The number of nitrogens with zero attached hydrogens (tertiary/aromatic N) is 2. The maximum atomic E-state index is 11.6. The van der Waals surface area contributed by atoms with E-state index in [-0.39, 0.29) is 0 Å². The first-order valence-electron chi connectivity index (χ1n) is 10.0. The molecule has 0 aromatic carbocycles. The monoisotopic (exact) mass is 369 g/mol. The van der Waals surface area contributed by atoms with Crippen LogP contribution < -0.4 is 16.0 Å². The van der Waals surface area contributed by atoms with Crippen LogP contribution in [0.3, 0.4) is 0 Å². The quantitative estimate of drug-likeness (QED) is 0.348. The van der Waals surface area contributed by atoms with Crippen molar-refractivity contribution in [3.05, 3.63) is 0 Å². The smallest absolute Gasteiger partial charge is 0.407 e. The van der Waals surface area contributed by atoms with Gasteiger partial charge in [0, 0.05) is 38.8 Å². The van der Waals surface area contributed by atoms with Crippen LogP contribution in [0, 0.1) is 0 Å². The van der Waals surface area contributed by atoms with Crippen molar-refractivity contribution >= 4 is 12.1 Å². The normalized spacial score (nSPS) is 19.1. The molecule has 1 aliphatic heterocycles. The highest BCUT2D eigenvalue weighted by Crippen LogP contribution is 2.16. The molecule has 1 aliphatic rings. The fourth-order valence-corrected chi connectivity index (χ4v) is 2.96. The van der Waals surface area contributed by atoms with Gasteiger partial charge in [-0.05, 0) is 60.4 Å². The highest BCUT2D eigenvalue weighted by molar-refractivity contribution is 5.79. The van der Waals surface area contributed by atoms with E-state index in [1.54, 1.807) is 0 Å². The van der Waals surface area contributed by atoms with E-state index in [2.05, 4.69) is 32.8 Å². The number of guanidine groups is 1. The number of rotatable bonds is 8. The van der Waals surface area contributed by atoms with Gasteiger partial charge >= 0.3 is 6.09 Å². The van der Waals surface area contributed by atoms with Gasteiger partial charge in [-0.3, -0.25) is 4.99 Å². The second-order valence-electron chi connectivity index (χ2n) is 7.85. The average Bonchev–Trinajstić information content (AvgIpc) is 2.55. The summed E-state index contributed by atoms with van der Waals surface area (Å²) in [5, 5.41) is 9.22. The van der Waals surface area contributed by atoms with E-state index >= 15 is 0 Å². The summed E-state index contributed by atoms with van der Waals surface area (Å²) in [4.78, 5) is 18.8. The fourth-order valence-electron chi connectivity index (χ4n) is 2.96. The molecule has 1 heterocycles. The zero-order chi connectivity index (χ0) is 19.4. The van der Waals surface area contributed by atoms with E-state index in [0.29, 0.717) is 19.1 Å². The lowest BCUT2D eigenvalue weighted by Gasteiger charge is -2.33. The van der Waals surface area contributed by atoms with Gasteiger partial charge in [-0.2, -0.15) is 0 Å². The van der Waals surface area contributed by atoms with Crippen molar-refractivity contribution < 1.29 is 9.53 Å². The molecule has 1 rings (SSSR count). The lowest BCUT2D eigenvalue weighted by molar-refractivity contribution is 0.0529. The van der Waals surface area contributed by atoms with E-state index in [4.69, 9.17) is 4.74 Å². The van der Waals surface area contributed by atoms with Gasteiger partial charge in [0.1, 0.15) is 5.60 Å². The third kappa shape index (κ3) is 10.5. The summed E-state index contributed by atoms with van der Waals surface area (Å²) in [5.74, 6) is 0.796. The molecular weight excluding hydrogens is 330 g/mol. The van der Waals surface area contributed by atoms with Gasteiger partial charge in [-0.1, -0.05) is 6.42 Å². The Kier molecular flexibility index (Phi) is 10.4. The number of hydrogen-bond donors (Lipinski definition) is 3. The molecule has 1 saturated heterocycles. The van der Waals surface area contributed by atoms with Crippen LogP contribution in [0.4, 0.5) is 4.79 Å². The third-order valence-corrected chi connectivity index (χ3v) is 4.24. The molecule has 1 fully saturated rings. The molecule has 26 heavy (non-hydrogen) atoms. The van der Waals surface area contributed by atoms with Gasteiger partial charge in [0.2, 0.25) is 0 Å². The molecule has 0 aromatic rings. The van der Waals surface area contributed by atoms with Crippen LogP contribution in [0.1, 0.15) is 60.3 Å². The summed E-state index contributed by atoms with van der Waals surface area (Å²) in [6.07, 6.45) is 4.68. The summed E-state index contributed by atoms with van der Waals surface area (Å²) in [6, 6.07) is 0.707. The largest absolute Gasteiger partial charge is 0.444 e. The molecule has 152 valence electrons. The molecule has 1 unspecified atom stereocenters. The van der Waals surface area contributed by atoms with Crippen LogP contribution in [-0.4, -0.2) is 67.9 Å². The van der Waals surface area contributed by atoms with Crippen molar-refractivity contribution in [2.45, 2.75) is 71.9 Å². The Bertz CT molecular complexity index is 434. The number of amides is 1. The number of piperidine rings is 1. The summed E-state index contributed by atoms with van der Waals surface area (Å²) >= 11 is 0. The molecule has 0 saturated carbocycles. The van der Waals surface area contributed by atoms with Crippen molar-refractivity contribution in [2.75, 3.05) is 39.3 Å². The van der Waals surface area contributed by atoms with Crippen molar-refractivity contribution in [1.82, 2.24) is 20.9 Å². The predicted molar refractivity (Wildman–Crippen MR) is 108 cm³/mol. The zero-order valence-electron chi connectivity index (χ0n) is 17.4. The van der Waals surface area contributed by atoms with Crippen LogP contribution >= 0.6 is 0 Å². The molecule has 1 amide bonds. The van der Waals surface area contributed by atoms with Gasteiger partial charge in [0.15, 0.2) is 5.96 Å². The number of alkyl carbamates (subject to hydrolysis) is 1. The van der Waals surface area contributed by atoms with Gasteiger partial charge < -0.3 is 25.6 Å². The van der Waals surface area contributed by atoms with E-state index in [9.17, 15) is 4.79 Å². The van der Waals surface area contributed by atoms with Crippen LogP contribution in [0.15, 0.2) is 4.99 Å². The summed E-state index contributed by atoms with van der Waals surface area (Å²) in [5.41, 5.74) is -0.472. The minimum Gasteiger partial charge on any atom is -0.444 e. The van der Waals surface area contributed by atoms with Gasteiger partial charge in [-0.25, -0.2) is 4.79 Å². The Hall–Kier alpha value is -1.50. The first kappa shape index (κ1) is 22.5. The number of ether oxygens (including phenoxy) is 1. The highest BCUT2D eigenvalue weighted by atomic mass is 16.6.